The molecule has 0 aromatic carbocycles. The Morgan fingerprint density at radius 3 is 2.39 bits per heavy atom. The summed E-state index contributed by atoms with van der Waals surface area (Å²) in [6, 6.07) is 1.81. The Hall–Kier alpha value is -1.89. The van der Waals surface area contributed by atoms with Gasteiger partial charge in [-0.2, -0.15) is 5.26 Å². The molecule has 2 heterocycles. The SMILES string of the molecule is CC(C)(C)NC(=O)N1CCN(CCOC23CC4CC(C2)CC([C@H](N)C(=O)N2[C@H](C#N)C[C@@H]5C[C@@H]52)(C4)C3)CC1. The van der Waals surface area contributed by atoms with Gasteiger partial charge in [-0.1, -0.05) is 0 Å². The molecule has 7 rings (SSSR count). The van der Waals surface area contributed by atoms with Crippen LogP contribution in [-0.2, 0) is 9.53 Å². The van der Waals surface area contributed by atoms with Crippen molar-refractivity contribution in [2.24, 2.45) is 28.9 Å². The van der Waals surface area contributed by atoms with Crippen molar-refractivity contribution in [2.75, 3.05) is 39.3 Å². The van der Waals surface area contributed by atoms with Gasteiger partial charge >= 0.3 is 6.03 Å². The van der Waals surface area contributed by atoms with Crippen molar-refractivity contribution in [3.8, 4) is 6.07 Å². The number of fused-ring (bicyclic) bond motifs is 1. The number of nitrogens with two attached hydrogens (primary N) is 1. The van der Waals surface area contributed by atoms with Crippen LogP contribution in [0.3, 0.4) is 0 Å². The number of nitriles is 1. The molecule has 2 saturated heterocycles. The van der Waals surface area contributed by atoms with Crippen molar-refractivity contribution in [1.82, 2.24) is 20.0 Å². The molecule has 5 aliphatic carbocycles. The van der Waals surface area contributed by atoms with Crippen LogP contribution in [0.4, 0.5) is 4.79 Å². The Balaban J connectivity index is 1.04. The molecule has 0 spiro atoms. The van der Waals surface area contributed by atoms with Crippen LogP contribution in [0.2, 0.25) is 0 Å². The molecule has 38 heavy (non-hydrogen) atoms. The maximum absolute atomic E-state index is 13.7. The largest absolute Gasteiger partial charge is 0.374 e. The molecule has 3 N–H and O–H groups in total. The quantitative estimate of drug-likeness (QED) is 0.549. The van der Waals surface area contributed by atoms with E-state index < -0.39 is 6.04 Å². The van der Waals surface area contributed by atoms with E-state index in [1.165, 1.54) is 6.42 Å². The van der Waals surface area contributed by atoms with Crippen molar-refractivity contribution in [3.63, 3.8) is 0 Å². The lowest BCUT2D eigenvalue weighted by atomic mass is 9.46. The van der Waals surface area contributed by atoms with Crippen molar-refractivity contribution in [2.45, 2.75) is 101 Å². The van der Waals surface area contributed by atoms with E-state index >= 15 is 0 Å². The third-order valence-corrected chi connectivity index (χ3v) is 10.4. The topological polar surface area (TPSA) is 115 Å². The van der Waals surface area contributed by atoms with Gasteiger partial charge in [-0.25, -0.2) is 4.79 Å². The molecule has 7 aliphatic rings. The zero-order chi connectivity index (χ0) is 26.9. The Labute approximate surface area is 227 Å². The molecule has 0 radical (unpaired) electrons. The number of piperazine rings is 1. The fourth-order valence-corrected chi connectivity index (χ4v) is 9.06. The average molecular weight is 527 g/mol. The van der Waals surface area contributed by atoms with Crippen LogP contribution in [-0.4, -0.2) is 95.2 Å². The molecule has 9 heteroatoms. The smallest absolute Gasteiger partial charge is 0.317 e. The van der Waals surface area contributed by atoms with Crippen LogP contribution in [0.1, 0.15) is 72.1 Å². The van der Waals surface area contributed by atoms with Gasteiger partial charge in [0.15, 0.2) is 0 Å². The predicted octanol–water partition coefficient (Wildman–Crippen LogP) is 2.31. The minimum Gasteiger partial charge on any atom is -0.374 e. The van der Waals surface area contributed by atoms with Crippen LogP contribution < -0.4 is 11.1 Å². The molecular formula is C29H46N6O3. The number of amides is 3. The molecule has 2 aliphatic heterocycles. The average Bonchev–Trinajstić information content (AvgIpc) is 3.51. The number of piperidine rings is 1. The number of rotatable bonds is 6. The second kappa shape index (κ2) is 9.35. The molecule has 6 atom stereocenters. The minimum atomic E-state index is -0.529. The number of urea groups is 1. The van der Waals surface area contributed by atoms with E-state index in [1.54, 1.807) is 0 Å². The summed E-state index contributed by atoms with van der Waals surface area (Å²) in [5.41, 5.74) is 6.28. The summed E-state index contributed by atoms with van der Waals surface area (Å²) in [6.45, 7) is 10.8. The van der Waals surface area contributed by atoms with E-state index in [4.69, 9.17) is 10.5 Å². The van der Waals surface area contributed by atoms with Crippen molar-refractivity contribution in [1.29, 1.82) is 5.26 Å². The number of nitrogens with one attached hydrogen (secondary N) is 1. The van der Waals surface area contributed by atoms with E-state index in [2.05, 4.69) is 16.3 Å². The maximum Gasteiger partial charge on any atom is 0.317 e. The lowest BCUT2D eigenvalue weighted by molar-refractivity contribution is -0.201. The fourth-order valence-electron chi connectivity index (χ4n) is 9.06. The third kappa shape index (κ3) is 4.82. The molecule has 9 nitrogen and oxygen atoms in total. The van der Waals surface area contributed by atoms with Crippen LogP contribution in [0.5, 0.6) is 0 Å². The van der Waals surface area contributed by atoms with E-state index in [0.717, 1.165) is 77.7 Å². The molecule has 0 aromatic heterocycles. The normalized spacial score (nSPS) is 40.6. The van der Waals surface area contributed by atoms with Crippen LogP contribution in [0.15, 0.2) is 0 Å². The van der Waals surface area contributed by atoms with Crippen LogP contribution in [0.25, 0.3) is 0 Å². The molecule has 7 fully saturated rings. The highest BCUT2D eigenvalue weighted by atomic mass is 16.5. The van der Waals surface area contributed by atoms with E-state index in [-0.39, 0.29) is 40.6 Å². The van der Waals surface area contributed by atoms with Gasteiger partial charge in [0.05, 0.1) is 24.3 Å². The molecule has 4 bridgehead atoms. The Morgan fingerprint density at radius 1 is 1.08 bits per heavy atom. The second-order valence-corrected chi connectivity index (χ2v) is 14.5. The van der Waals surface area contributed by atoms with Gasteiger partial charge in [0.2, 0.25) is 5.91 Å². The molecule has 210 valence electrons. The van der Waals surface area contributed by atoms with Gasteiger partial charge in [-0.3, -0.25) is 9.69 Å². The van der Waals surface area contributed by atoms with E-state index in [9.17, 15) is 14.9 Å². The number of nitrogens with zero attached hydrogens (tertiary/aromatic N) is 4. The third-order valence-electron chi connectivity index (χ3n) is 10.4. The van der Waals surface area contributed by atoms with E-state index in [1.807, 2.05) is 30.6 Å². The molecule has 5 saturated carbocycles. The number of carbonyl (C=O) groups is 2. The molecule has 0 aromatic rings. The van der Waals surface area contributed by atoms with Crippen LogP contribution >= 0.6 is 0 Å². The number of hydrogen-bond acceptors (Lipinski definition) is 6. The summed E-state index contributed by atoms with van der Waals surface area (Å²) in [5, 5.41) is 12.7. The summed E-state index contributed by atoms with van der Waals surface area (Å²) >= 11 is 0. The number of ether oxygens (including phenoxy) is 1. The summed E-state index contributed by atoms with van der Waals surface area (Å²) in [4.78, 5) is 32.4. The van der Waals surface area contributed by atoms with Gasteiger partial charge in [0, 0.05) is 44.3 Å². The first-order valence-electron chi connectivity index (χ1n) is 14.9. The van der Waals surface area contributed by atoms with Gasteiger partial charge in [-0.15, -0.1) is 0 Å². The lowest BCUT2D eigenvalue weighted by Gasteiger charge is -2.63. The van der Waals surface area contributed by atoms with Gasteiger partial charge < -0.3 is 25.6 Å². The zero-order valence-electron chi connectivity index (χ0n) is 23.5. The number of likely N-dealkylation sites (tertiary alicyclic amines) is 1. The molecule has 3 amide bonds. The monoisotopic (exact) mass is 526 g/mol. The highest BCUT2D eigenvalue weighted by molar-refractivity contribution is 5.84. The second-order valence-electron chi connectivity index (χ2n) is 14.5. The molecular weight excluding hydrogens is 480 g/mol. The lowest BCUT2D eigenvalue weighted by Crippen LogP contribution is -2.65. The van der Waals surface area contributed by atoms with Crippen LogP contribution in [0, 0.1) is 34.5 Å². The van der Waals surface area contributed by atoms with E-state index in [0.29, 0.717) is 24.4 Å². The first-order chi connectivity index (χ1) is 18.0. The summed E-state index contributed by atoms with van der Waals surface area (Å²) < 4.78 is 6.77. The van der Waals surface area contributed by atoms with Crippen molar-refractivity contribution < 1.29 is 14.3 Å². The summed E-state index contributed by atoms with van der Waals surface area (Å²) in [5.74, 6) is 1.70. The van der Waals surface area contributed by atoms with Gasteiger partial charge in [0.25, 0.3) is 0 Å². The standard InChI is InChI=1S/C29H46N6O3/c1-27(2,3)32-26(37)34-6-4-33(5-7-34)8-9-38-29-15-19-10-20(16-29)14-28(13-19,18-29)24(31)25(36)35-22(17-30)11-21-12-23(21)35/h19-24H,4-16,18,31H2,1-3H3,(H,32,37)/t19?,20?,21-,22+,23+,24-,28?,29?/m1/s1. The highest BCUT2D eigenvalue weighted by Gasteiger charge is 2.63. The first-order valence-corrected chi connectivity index (χ1v) is 14.9. The van der Waals surface area contributed by atoms with Gasteiger partial charge in [0.1, 0.15) is 6.04 Å². The Morgan fingerprint density at radius 2 is 1.76 bits per heavy atom. The van der Waals surface area contributed by atoms with Gasteiger partial charge in [-0.05, 0) is 95.3 Å². The summed E-state index contributed by atoms with van der Waals surface area (Å²) in [6.07, 6.45) is 8.20. The van der Waals surface area contributed by atoms with Crippen molar-refractivity contribution in [3.05, 3.63) is 0 Å². The predicted molar refractivity (Wildman–Crippen MR) is 143 cm³/mol. The maximum atomic E-state index is 13.7. The first kappa shape index (κ1) is 26.3. The Kier molecular flexibility index (Phi) is 6.48. The minimum absolute atomic E-state index is 0.0189. The number of carbonyl (C=O) groups excluding carboxylic acids is 2. The zero-order valence-corrected chi connectivity index (χ0v) is 23.5. The summed E-state index contributed by atoms with van der Waals surface area (Å²) in [7, 11) is 0. The fraction of sp³-hybridized carbons (Fsp3) is 0.897. The number of hydrogen-bond donors (Lipinski definition) is 2. The molecule has 2 unspecified atom stereocenters. The highest BCUT2D eigenvalue weighted by Crippen LogP contribution is 2.64. The Bertz CT molecular complexity index is 981. The van der Waals surface area contributed by atoms with Crippen molar-refractivity contribution >= 4 is 11.9 Å².